The van der Waals surface area contributed by atoms with Gasteiger partial charge in [0.2, 0.25) is 5.91 Å². The molecule has 2 aliphatic rings. The molecular weight excluding hydrogens is 283 g/mol. The normalized spacial score (nSPS) is 25.8. The van der Waals surface area contributed by atoms with Crippen molar-refractivity contribution in [1.29, 1.82) is 0 Å². The summed E-state index contributed by atoms with van der Waals surface area (Å²) < 4.78 is 36.2. The van der Waals surface area contributed by atoms with Crippen LogP contribution in [0.3, 0.4) is 0 Å². The number of rotatable bonds is 4. The molecule has 2 saturated heterocycles. The van der Waals surface area contributed by atoms with E-state index < -0.39 is 18.6 Å². The van der Waals surface area contributed by atoms with Crippen LogP contribution in [0.5, 0.6) is 0 Å². The molecule has 1 atom stereocenters. The minimum Gasteiger partial charge on any atom is -0.346 e. The van der Waals surface area contributed by atoms with Crippen LogP contribution in [0.2, 0.25) is 0 Å². The molecule has 2 heterocycles. The fourth-order valence-electron chi connectivity index (χ4n) is 3.21. The Bertz CT molecular complexity index is 343. The number of carbonyl (C=O) groups is 1. The smallest absolute Gasteiger partial charge is 0.346 e. The van der Waals surface area contributed by atoms with Gasteiger partial charge < -0.3 is 5.32 Å². The highest BCUT2D eigenvalue weighted by Crippen LogP contribution is 2.20. The Balaban J connectivity index is 1.74. The molecule has 2 fully saturated rings. The maximum Gasteiger partial charge on any atom is 0.405 e. The molecule has 122 valence electrons. The summed E-state index contributed by atoms with van der Waals surface area (Å²) in [4.78, 5) is 16.0. The molecule has 7 heteroatoms. The Labute approximate surface area is 123 Å². The van der Waals surface area contributed by atoms with Crippen LogP contribution < -0.4 is 5.32 Å². The monoisotopic (exact) mass is 307 g/mol. The number of halogens is 3. The lowest BCUT2D eigenvalue weighted by Crippen LogP contribution is -2.51. The first kappa shape index (κ1) is 16.5. The van der Waals surface area contributed by atoms with Gasteiger partial charge in [-0.15, -0.1) is 0 Å². The van der Waals surface area contributed by atoms with Gasteiger partial charge in [0.25, 0.3) is 0 Å². The number of hydrogen-bond acceptors (Lipinski definition) is 3. The highest BCUT2D eigenvalue weighted by atomic mass is 19.4. The van der Waals surface area contributed by atoms with Crippen LogP contribution in [0, 0.1) is 0 Å². The second-order valence-corrected chi connectivity index (χ2v) is 6.02. The third-order valence-electron chi connectivity index (χ3n) is 4.24. The Morgan fingerprint density at radius 1 is 1.10 bits per heavy atom. The minimum atomic E-state index is -4.34. The molecule has 4 nitrogen and oxygen atoms in total. The Morgan fingerprint density at radius 3 is 2.48 bits per heavy atom. The van der Waals surface area contributed by atoms with Crippen molar-refractivity contribution in [2.24, 2.45) is 0 Å². The maximum atomic E-state index is 12.1. The largest absolute Gasteiger partial charge is 0.405 e. The second kappa shape index (κ2) is 7.45. The molecule has 2 aliphatic heterocycles. The lowest BCUT2D eigenvalue weighted by atomic mass is 10.0. The van der Waals surface area contributed by atoms with Gasteiger partial charge in [-0.2, -0.15) is 13.2 Å². The number of nitrogens with zero attached hydrogens (tertiary/aromatic N) is 2. The molecule has 0 aromatic rings. The molecule has 0 bridgehead atoms. The summed E-state index contributed by atoms with van der Waals surface area (Å²) in [5, 5.41) is 1.95. The SMILES string of the molecule is O=C(CN1CCC[C@H](N2CCCCC2)C1)NCC(F)(F)F. The number of amides is 1. The summed E-state index contributed by atoms with van der Waals surface area (Å²) in [5.41, 5.74) is 0. The topological polar surface area (TPSA) is 35.6 Å². The van der Waals surface area contributed by atoms with E-state index in [1.807, 2.05) is 10.2 Å². The number of carbonyl (C=O) groups excluding carboxylic acids is 1. The van der Waals surface area contributed by atoms with Crippen LogP contribution in [0.25, 0.3) is 0 Å². The van der Waals surface area contributed by atoms with Crippen molar-refractivity contribution in [3.63, 3.8) is 0 Å². The van der Waals surface area contributed by atoms with Gasteiger partial charge in [0, 0.05) is 12.6 Å². The van der Waals surface area contributed by atoms with E-state index >= 15 is 0 Å². The van der Waals surface area contributed by atoms with Crippen LogP contribution in [0.4, 0.5) is 13.2 Å². The second-order valence-electron chi connectivity index (χ2n) is 6.02. The predicted octanol–water partition coefficient (Wildman–Crippen LogP) is 1.62. The molecule has 0 aromatic carbocycles. The first-order valence-electron chi connectivity index (χ1n) is 7.74. The number of alkyl halides is 3. The molecule has 0 radical (unpaired) electrons. The summed E-state index contributed by atoms with van der Waals surface area (Å²) >= 11 is 0. The van der Waals surface area contributed by atoms with Gasteiger partial charge in [-0.05, 0) is 45.3 Å². The van der Waals surface area contributed by atoms with Crippen molar-refractivity contribution < 1.29 is 18.0 Å². The maximum absolute atomic E-state index is 12.1. The Morgan fingerprint density at radius 2 is 1.81 bits per heavy atom. The van der Waals surface area contributed by atoms with Crippen LogP contribution in [-0.4, -0.2) is 67.2 Å². The highest BCUT2D eigenvalue weighted by molar-refractivity contribution is 5.78. The van der Waals surface area contributed by atoms with E-state index in [9.17, 15) is 18.0 Å². The lowest BCUT2D eigenvalue weighted by molar-refractivity contribution is -0.139. The van der Waals surface area contributed by atoms with E-state index in [-0.39, 0.29) is 6.54 Å². The van der Waals surface area contributed by atoms with Gasteiger partial charge in [-0.3, -0.25) is 14.6 Å². The number of hydrogen-bond donors (Lipinski definition) is 1. The van der Waals surface area contributed by atoms with Gasteiger partial charge in [-0.1, -0.05) is 6.42 Å². The molecule has 21 heavy (non-hydrogen) atoms. The summed E-state index contributed by atoms with van der Waals surface area (Å²) in [6, 6.07) is 0.453. The van der Waals surface area contributed by atoms with Gasteiger partial charge in [0.05, 0.1) is 6.54 Å². The van der Waals surface area contributed by atoms with Crippen molar-refractivity contribution in [2.75, 3.05) is 39.3 Å². The summed E-state index contributed by atoms with van der Waals surface area (Å²) in [7, 11) is 0. The van der Waals surface area contributed by atoms with E-state index in [0.717, 1.165) is 39.0 Å². The molecule has 0 aromatic heterocycles. The molecule has 0 aliphatic carbocycles. The fourth-order valence-corrected chi connectivity index (χ4v) is 3.21. The van der Waals surface area contributed by atoms with Gasteiger partial charge >= 0.3 is 6.18 Å². The zero-order valence-electron chi connectivity index (χ0n) is 12.3. The van der Waals surface area contributed by atoms with E-state index in [4.69, 9.17) is 0 Å². The van der Waals surface area contributed by atoms with Crippen molar-refractivity contribution in [3.05, 3.63) is 0 Å². The molecule has 1 amide bonds. The van der Waals surface area contributed by atoms with Crippen molar-refractivity contribution in [3.8, 4) is 0 Å². The third-order valence-corrected chi connectivity index (χ3v) is 4.24. The lowest BCUT2D eigenvalue weighted by Gasteiger charge is -2.40. The summed E-state index contributed by atoms with van der Waals surface area (Å²) in [5.74, 6) is -0.536. The first-order valence-corrected chi connectivity index (χ1v) is 7.74. The van der Waals surface area contributed by atoms with E-state index in [2.05, 4.69) is 4.90 Å². The average molecular weight is 307 g/mol. The van der Waals surface area contributed by atoms with Crippen molar-refractivity contribution >= 4 is 5.91 Å². The molecule has 1 N–H and O–H groups in total. The van der Waals surface area contributed by atoms with Crippen molar-refractivity contribution in [1.82, 2.24) is 15.1 Å². The van der Waals surface area contributed by atoms with Crippen molar-refractivity contribution in [2.45, 2.75) is 44.3 Å². The van der Waals surface area contributed by atoms with Gasteiger partial charge in [-0.25, -0.2) is 0 Å². The minimum absolute atomic E-state index is 0.0699. The Hall–Kier alpha value is -0.820. The van der Waals surface area contributed by atoms with E-state index in [1.165, 1.54) is 19.3 Å². The van der Waals surface area contributed by atoms with Crippen LogP contribution in [0.1, 0.15) is 32.1 Å². The Kier molecular flexibility index (Phi) is 5.87. The molecule has 2 rings (SSSR count). The van der Waals surface area contributed by atoms with Crippen LogP contribution in [0.15, 0.2) is 0 Å². The fraction of sp³-hybridized carbons (Fsp3) is 0.929. The van der Waals surface area contributed by atoms with Crippen LogP contribution in [-0.2, 0) is 4.79 Å². The number of likely N-dealkylation sites (tertiary alicyclic amines) is 2. The number of piperidine rings is 2. The molecular formula is C14H24F3N3O. The number of nitrogens with one attached hydrogen (secondary N) is 1. The quantitative estimate of drug-likeness (QED) is 0.857. The van der Waals surface area contributed by atoms with Gasteiger partial charge in [0.15, 0.2) is 0 Å². The molecule has 0 unspecified atom stereocenters. The highest BCUT2D eigenvalue weighted by Gasteiger charge is 2.30. The molecule has 0 spiro atoms. The van der Waals surface area contributed by atoms with Gasteiger partial charge in [0.1, 0.15) is 6.54 Å². The molecule has 0 saturated carbocycles. The summed E-state index contributed by atoms with van der Waals surface area (Å²) in [6.07, 6.45) is 1.53. The van der Waals surface area contributed by atoms with E-state index in [1.54, 1.807) is 0 Å². The zero-order chi connectivity index (χ0) is 15.3. The predicted molar refractivity (Wildman–Crippen MR) is 74.0 cm³/mol. The van der Waals surface area contributed by atoms with Crippen LogP contribution >= 0.6 is 0 Å². The van der Waals surface area contributed by atoms with E-state index in [0.29, 0.717) is 6.04 Å². The zero-order valence-corrected chi connectivity index (χ0v) is 12.3. The standard InChI is InChI=1S/C14H24F3N3O/c15-14(16,17)11-18-13(21)10-19-6-4-5-12(9-19)20-7-2-1-3-8-20/h12H,1-11H2,(H,18,21)/t12-/m0/s1. The average Bonchev–Trinajstić information content (AvgIpc) is 2.46. The first-order chi connectivity index (χ1) is 9.94. The third kappa shape index (κ3) is 5.82. The summed E-state index contributed by atoms with van der Waals surface area (Å²) in [6.45, 7) is 2.64.